The fourth-order valence-corrected chi connectivity index (χ4v) is 3.87. The second-order valence-corrected chi connectivity index (χ2v) is 7.20. The molecule has 1 unspecified atom stereocenters. The van der Waals surface area contributed by atoms with E-state index in [4.69, 9.17) is 0 Å². The second-order valence-electron chi connectivity index (χ2n) is 3.95. The average Bonchev–Trinajstić information content (AvgIpc) is 2.76. The molecule has 0 aliphatic rings. The van der Waals surface area contributed by atoms with E-state index in [0.717, 1.165) is 15.8 Å². The van der Waals surface area contributed by atoms with Crippen molar-refractivity contribution in [2.45, 2.75) is 24.3 Å². The number of aliphatic hydroxyl groups excluding tert-OH is 1. The van der Waals surface area contributed by atoms with E-state index in [1.165, 1.54) is 9.77 Å². The molecule has 2 aromatic rings. The summed E-state index contributed by atoms with van der Waals surface area (Å²) in [5.74, 6) is 1.07. The van der Waals surface area contributed by atoms with Gasteiger partial charge in [0.15, 0.2) is 0 Å². The third kappa shape index (κ3) is 3.85. The maximum Gasteiger partial charge on any atom is 0.0838 e. The van der Waals surface area contributed by atoms with Crippen molar-refractivity contribution >= 4 is 39.0 Å². The highest BCUT2D eigenvalue weighted by atomic mass is 79.9. The molecule has 4 heteroatoms. The van der Waals surface area contributed by atoms with Gasteiger partial charge in [-0.05, 0) is 45.4 Å². The Bertz CT molecular complexity index is 493. The van der Waals surface area contributed by atoms with Gasteiger partial charge in [-0.3, -0.25) is 0 Å². The molecule has 0 spiro atoms. The molecular formula is C14H15BrOS2. The lowest BCUT2D eigenvalue weighted by Gasteiger charge is -2.10. The number of thioether (sulfide) groups is 1. The zero-order valence-electron chi connectivity index (χ0n) is 10.1. The third-order valence-electron chi connectivity index (χ3n) is 2.59. The van der Waals surface area contributed by atoms with Gasteiger partial charge in [0.1, 0.15) is 0 Å². The predicted octanol–water partition coefficient (Wildman–Crippen LogP) is 4.90. The van der Waals surface area contributed by atoms with Crippen molar-refractivity contribution in [2.24, 2.45) is 0 Å². The Morgan fingerprint density at radius 1 is 1.33 bits per heavy atom. The maximum atomic E-state index is 10.2. The zero-order valence-corrected chi connectivity index (χ0v) is 13.3. The molecule has 0 saturated heterocycles. The fraction of sp³-hybridized carbons (Fsp3) is 0.286. The van der Waals surface area contributed by atoms with Crippen LogP contribution >= 0.6 is 39.0 Å². The third-order valence-corrected chi connectivity index (χ3v) is 5.21. The van der Waals surface area contributed by atoms with Gasteiger partial charge in [-0.15, -0.1) is 23.1 Å². The lowest BCUT2D eigenvalue weighted by Crippen LogP contribution is -2.00. The van der Waals surface area contributed by atoms with Gasteiger partial charge in [0.05, 0.1) is 6.10 Å². The van der Waals surface area contributed by atoms with Crippen LogP contribution in [0.15, 0.2) is 45.1 Å². The molecule has 1 aromatic carbocycles. The molecule has 0 amide bonds. The van der Waals surface area contributed by atoms with E-state index < -0.39 is 6.10 Å². The van der Waals surface area contributed by atoms with Crippen LogP contribution in [0.3, 0.4) is 0 Å². The summed E-state index contributed by atoms with van der Waals surface area (Å²) >= 11 is 6.92. The predicted molar refractivity (Wildman–Crippen MR) is 83.5 cm³/mol. The highest BCUT2D eigenvalue weighted by Crippen LogP contribution is 2.26. The van der Waals surface area contributed by atoms with Gasteiger partial charge in [-0.1, -0.05) is 19.1 Å². The fourth-order valence-electron chi connectivity index (χ4n) is 1.72. The highest BCUT2D eigenvalue weighted by Gasteiger charge is 2.10. The average molecular weight is 343 g/mol. The standard InChI is InChI=1S/C14H15BrOS2/c1-2-17-12-5-3-10(4-6-12)14(16)8-13-7-11(15)9-18-13/h3-7,9,14,16H,2,8H2,1H3. The highest BCUT2D eigenvalue weighted by molar-refractivity contribution is 9.10. The summed E-state index contributed by atoms with van der Waals surface area (Å²) in [6.07, 6.45) is 0.257. The SMILES string of the molecule is CCSc1ccc(C(O)Cc2cc(Br)cs2)cc1. The Morgan fingerprint density at radius 2 is 2.06 bits per heavy atom. The van der Waals surface area contributed by atoms with Crippen molar-refractivity contribution in [3.8, 4) is 0 Å². The van der Waals surface area contributed by atoms with E-state index in [-0.39, 0.29) is 0 Å². The molecule has 0 aliphatic carbocycles. The van der Waals surface area contributed by atoms with E-state index in [0.29, 0.717) is 6.42 Å². The quantitative estimate of drug-likeness (QED) is 0.780. The summed E-state index contributed by atoms with van der Waals surface area (Å²) in [6.45, 7) is 2.14. The van der Waals surface area contributed by atoms with E-state index in [2.05, 4.69) is 41.1 Å². The van der Waals surface area contributed by atoms with E-state index in [1.54, 1.807) is 11.3 Å². The number of halogens is 1. The number of hydrogen-bond donors (Lipinski definition) is 1. The first-order valence-electron chi connectivity index (χ1n) is 5.82. The lowest BCUT2D eigenvalue weighted by atomic mass is 10.1. The summed E-state index contributed by atoms with van der Waals surface area (Å²) in [5, 5.41) is 12.2. The molecule has 1 aromatic heterocycles. The van der Waals surface area contributed by atoms with E-state index >= 15 is 0 Å². The molecule has 96 valence electrons. The summed E-state index contributed by atoms with van der Waals surface area (Å²) in [5.41, 5.74) is 0.986. The van der Waals surface area contributed by atoms with Crippen molar-refractivity contribution < 1.29 is 5.11 Å². The largest absolute Gasteiger partial charge is 0.388 e. The van der Waals surface area contributed by atoms with Crippen LogP contribution in [0.25, 0.3) is 0 Å². The molecule has 0 bridgehead atoms. The number of thiophene rings is 1. The lowest BCUT2D eigenvalue weighted by molar-refractivity contribution is 0.179. The van der Waals surface area contributed by atoms with Gasteiger partial charge in [0, 0.05) is 26.0 Å². The van der Waals surface area contributed by atoms with Gasteiger partial charge in [-0.2, -0.15) is 0 Å². The summed E-state index contributed by atoms with van der Waals surface area (Å²) in [7, 11) is 0. The Kier molecular flexibility index (Phi) is 5.30. The molecular weight excluding hydrogens is 328 g/mol. The zero-order chi connectivity index (χ0) is 13.0. The van der Waals surface area contributed by atoms with Crippen LogP contribution in [0.1, 0.15) is 23.5 Å². The van der Waals surface area contributed by atoms with Gasteiger partial charge >= 0.3 is 0 Å². The van der Waals surface area contributed by atoms with Crippen LogP contribution in [0.4, 0.5) is 0 Å². The minimum atomic E-state index is -0.420. The Hall–Kier alpha value is -0.290. The van der Waals surface area contributed by atoms with Crippen molar-refractivity contribution in [1.29, 1.82) is 0 Å². The monoisotopic (exact) mass is 342 g/mol. The summed E-state index contributed by atoms with van der Waals surface area (Å²) in [6, 6.07) is 10.3. The Labute approximate surface area is 124 Å². The summed E-state index contributed by atoms with van der Waals surface area (Å²) in [4.78, 5) is 2.45. The van der Waals surface area contributed by atoms with Gasteiger partial charge < -0.3 is 5.11 Å². The van der Waals surface area contributed by atoms with Crippen LogP contribution in [0, 0.1) is 0 Å². The summed E-state index contributed by atoms with van der Waals surface area (Å²) < 4.78 is 1.09. The normalized spacial score (nSPS) is 12.6. The second kappa shape index (κ2) is 6.75. The number of hydrogen-bond acceptors (Lipinski definition) is 3. The van der Waals surface area contributed by atoms with Crippen molar-refractivity contribution in [3.05, 3.63) is 50.6 Å². The molecule has 1 atom stereocenters. The Morgan fingerprint density at radius 3 is 2.61 bits per heavy atom. The Balaban J connectivity index is 2.02. The number of benzene rings is 1. The molecule has 2 rings (SSSR count). The van der Waals surface area contributed by atoms with Gasteiger partial charge in [0.25, 0.3) is 0 Å². The van der Waals surface area contributed by atoms with Crippen LogP contribution in [0.2, 0.25) is 0 Å². The van der Waals surface area contributed by atoms with Crippen LogP contribution < -0.4 is 0 Å². The van der Waals surface area contributed by atoms with E-state index in [9.17, 15) is 5.11 Å². The van der Waals surface area contributed by atoms with Crippen molar-refractivity contribution in [1.82, 2.24) is 0 Å². The minimum Gasteiger partial charge on any atom is -0.388 e. The van der Waals surface area contributed by atoms with Crippen LogP contribution in [-0.4, -0.2) is 10.9 Å². The molecule has 0 aliphatic heterocycles. The van der Waals surface area contributed by atoms with Crippen molar-refractivity contribution in [2.75, 3.05) is 5.75 Å². The molecule has 0 fully saturated rings. The smallest absolute Gasteiger partial charge is 0.0838 e. The van der Waals surface area contributed by atoms with Crippen LogP contribution in [0.5, 0.6) is 0 Å². The molecule has 1 nitrogen and oxygen atoms in total. The minimum absolute atomic E-state index is 0.420. The molecule has 0 radical (unpaired) electrons. The van der Waals surface area contributed by atoms with Gasteiger partial charge in [-0.25, -0.2) is 0 Å². The molecule has 18 heavy (non-hydrogen) atoms. The molecule has 1 heterocycles. The number of aliphatic hydroxyl groups is 1. The first-order chi connectivity index (χ1) is 8.69. The maximum absolute atomic E-state index is 10.2. The first-order valence-corrected chi connectivity index (χ1v) is 8.48. The molecule has 0 saturated carbocycles. The van der Waals surface area contributed by atoms with E-state index in [1.807, 2.05) is 29.3 Å². The van der Waals surface area contributed by atoms with Crippen molar-refractivity contribution in [3.63, 3.8) is 0 Å². The topological polar surface area (TPSA) is 20.2 Å². The molecule has 1 N–H and O–H groups in total. The number of rotatable bonds is 5. The van der Waals surface area contributed by atoms with Gasteiger partial charge in [0.2, 0.25) is 0 Å². The van der Waals surface area contributed by atoms with Crippen LogP contribution in [-0.2, 0) is 6.42 Å². The first kappa shape index (κ1) is 14.1.